The van der Waals surface area contributed by atoms with E-state index in [0.29, 0.717) is 19.4 Å². The number of rotatable bonds is 0. The molecule has 66 valence electrons. The molecule has 2 amide bonds. The SMILES string of the molecule is CN1C(=O)CCN2C(=O)CCC12. The van der Waals surface area contributed by atoms with E-state index in [1.807, 2.05) is 0 Å². The summed E-state index contributed by atoms with van der Waals surface area (Å²) in [5.74, 6) is 0.352. The predicted octanol–water partition coefficient (Wildman–Crippen LogP) is -0.203. The molecule has 4 nitrogen and oxygen atoms in total. The van der Waals surface area contributed by atoms with E-state index in [9.17, 15) is 9.59 Å². The van der Waals surface area contributed by atoms with Gasteiger partial charge in [0, 0.05) is 26.4 Å². The topological polar surface area (TPSA) is 40.6 Å². The van der Waals surface area contributed by atoms with E-state index in [-0.39, 0.29) is 18.0 Å². The highest BCUT2D eigenvalue weighted by Gasteiger charge is 2.38. The van der Waals surface area contributed by atoms with Crippen molar-refractivity contribution in [2.75, 3.05) is 13.6 Å². The van der Waals surface area contributed by atoms with Crippen LogP contribution in [0.5, 0.6) is 0 Å². The van der Waals surface area contributed by atoms with Gasteiger partial charge in [0.15, 0.2) is 0 Å². The highest BCUT2D eigenvalue weighted by Crippen LogP contribution is 2.25. The zero-order valence-corrected chi connectivity index (χ0v) is 7.12. The molecule has 12 heavy (non-hydrogen) atoms. The minimum atomic E-state index is 0.0544. The van der Waals surface area contributed by atoms with Gasteiger partial charge in [0.25, 0.3) is 0 Å². The zero-order valence-electron chi connectivity index (χ0n) is 7.12. The number of carbonyl (C=O) groups excluding carboxylic acids is 2. The van der Waals surface area contributed by atoms with Crippen molar-refractivity contribution < 1.29 is 9.59 Å². The Morgan fingerprint density at radius 2 is 2.00 bits per heavy atom. The molecule has 0 aromatic carbocycles. The van der Waals surface area contributed by atoms with Gasteiger partial charge in [0.1, 0.15) is 6.17 Å². The second-order valence-corrected chi connectivity index (χ2v) is 3.36. The van der Waals surface area contributed by atoms with E-state index in [4.69, 9.17) is 0 Å². The molecule has 0 saturated carbocycles. The van der Waals surface area contributed by atoms with E-state index < -0.39 is 0 Å². The largest absolute Gasteiger partial charge is 0.325 e. The lowest BCUT2D eigenvalue weighted by Gasteiger charge is -2.37. The predicted molar refractivity (Wildman–Crippen MR) is 42.1 cm³/mol. The Bertz CT molecular complexity index is 237. The first-order valence-electron chi connectivity index (χ1n) is 4.25. The van der Waals surface area contributed by atoms with Crippen LogP contribution in [0.3, 0.4) is 0 Å². The summed E-state index contributed by atoms with van der Waals surface area (Å²) in [4.78, 5) is 26.0. The van der Waals surface area contributed by atoms with Gasteiger partial charge in [-0.1, -0.05) is 0 Å². The molecule has 0 spiro atoms. The summed E-state index contributed by atoms with van der Waals surface area (Å²) in [5.41, 5.74) is 0. The van der Waals surface area contributed by atoms with Crippen LogP contribution in [-0.2, 0) is 9.59 Å². The first-order chi connectivity index (χ1) is 5.70. The fourth-order valence-electron chi connectivity index (χ4n) is 1.95. The van der Waals surface area contributed by atoms with Gasteiger partial charge in [-0.05, 0) is 6.42 Å². The fourth-order valence-corrected chi connectivity index (χ4v) is 1.95. The van der Waals surface area contributed by atoms with Crippen molar-refractivity contribution in [1.29, 1.82) is 0 Å². The lowest BCUT2D eigenvalue weighted by molar-refractivity contribution is -0.145. The van der Waals surface area contributed by atoms with Crippen molar-refractivity contribution in [3.63, 3.8) is 0 Å². The molecule has 0 radical (unpaired) electrons. The Hall–Kier alpha value is -1.06. The Balaban J connectivity index is 2.19. The third-order valence-corrected chi connectivity index (χ3v) is 2.70. The number of hydrogen-bond donors (Lipinski definition) is 0. The van der Waals surface area contributed by atoms with Gasteiger partial charge in [-0.2, -0.15) is 0 Å². The summed E-state index contributed by atoms with van der Waals surface area (Å²) in [7, 11) is 1.78. The number of fused-ring (bicyclic) bond motifs is 1. The van der Waals surface area contributed by atoms with Crippen LogP contribution in [0.2, 0.25) is 0 Å². The minimum absolute atomic E-state index is 0.0544. The summed E-state index contributed by atoms with van der Waals surface area (Å²) >= 11 is 0. The first kappa shape index (κ1) is 7.58. The molecule has 1 atom stereocenters. The van der Waals surface area contributed by atoms with Gasteiger partial charge in [-0.25, -0.2) is 0 Å². The molecule has 2 rings (SSSR count). The lowest BCUT2D eigenvalue weighted by Crippen LogP contribution is -2.52. The Morgan fingerprint density at radius 1 is 1.25 bits per heavy atom. The van der Waals surface area contributed by atoms with Crippen LogP contribution in [-0.4, -0.2) is 41.4 Å². The first-order valence-corrected chi connectivity index (χ1v) is 4.25. The molecule has 2 aliphatic heterocycles. The van der Waals surface area contributed by atoms with Crippen LogP contribution >= 0.6 is 0 Å². The second-order valence-electron chi connectivity index (χ2n) is 3.36. The molecule has 0 bridgehead atoms. The number of hydrogen-bond acceptors (Lipinski definition) is 2. The molecule has 0 aromatic rings. The third kappa shape index (κ3) is 0.906. The quantitative estimate of drug-likeness (QED) is 0.502. The zero-order chi connectivity index (χ0) is 8.72. The Labute approximate surface area is 71.1 Å². The molecular weight excluding hydrogens is 156 g/mol. The van der Waals surface area contributed by atoms with E-state index in [1.54, 1.807) is 16.8 Å². The summed E-state index contributed by atoms with van der Waals surface area (Å²) in [6.45, 7) is 0.618. The van der Waals surface area contributed by atoms with Crippen molar-refractivity contribution >= 4 is 11.8 Å². The summed E-state index contributed by atoms with van der Waals surface area (Å²) in [6, 6.07) is 0. The van der Waals surface area contributed by atoms with Crippen LogP contribution in [0.15, 0.2) is 0 Å². The average Bonchev–Trinajstić information content (AvgIpc) is 2.41. The standard InChI is InChI=1S/C8H12N2O2/c1-9-6-2-3-8(12)10(6)5-4-7(9)11/h6H,2-5H2,1H3. The minimum Gasteiger partial charge on any atom is -0.325 e. The van der Waals surface area contributed by atoms with Gasteiger partial charge >= 0.3 is 0 Å². The molecule has 2 aliphatic rings. The van der Waals surface area contributed by atoms with Crippen LogP contribution in [0, 0.1) is 0 Å². The van der Waals surface area contributed by atoms with Crippen LogP contribution in [0.4, 0.5) is 0 Å². The second kappa shape index (κ2) is 2.47. The maximum absolute atomic E-state index is 11.2. The highest BCUT2D eigenvalue weighted by molar-refractivity contribution is 5.84. The van der Waals surface area contributed by atoms with Crippen molar-refractivity contribution in [1.82, 2.24) is 9.80 Å². The summed E-state index contributed by atoms with van der Waals surface area (Å²) in [5, 5.41) is 0. The number of nitrogens with zero attached hydrogens (tertiary/aromatic N) is 2. The maximum atomic E-state index is 11.2. The maximum Gasteiger partial charge on any atom is 0.225 e. The van der Waals surface area contributed by atoms with E-state index >= 15 is 0 Å². The summed E-state index contributed by atoms with van der Waals surface area (Å²) < 4.78 is 0. The van der Waals surface area contributed by atoms with Crippen LogP contribution < -0.4 is 0 Å². The summed E-state index contributed by atoms with van der Waals surface area (Å²) in [6.07, 6.45) is 1.95. The molecule has 0 N–H and O–H groups in total. The van der Waals surface area contributed by atoms with Crippen molar-refractivity contribution in [3.05, 3.63) is 0 Å². The number of amides is 2. The van der Waals surface area contributed by atoms with Crippen molar-refractivity contribution in [3.8, 4) is 0 Å². The average molecular weight is 168 g/mol. The Kier molecular flexibility index (Phi) is 1.56. The lowest BCUT2D eigenvalue weighted by atomic mass is 10.2. The van der Waals surface area contributed by atoms with Gasteiger partial charge < -0.3 is 9.80 Å². The Morgan fingerprint density at radius 3 is 2.75 bits per heavy atom. The molecule has 1 unspecified atom stereocenters. The molecule has 2 heterocycles. The number of carbonyl (C=O) groups is 2. The smallest absolute Gasteiger partial charge is 0.225 e. The van der Waals surface area contributed by atoms with Crippen molar-refractivity contribution in [2.24, 2.45) is 0 Å². The van der Waals surface area contributed by atoms with E-state index in [2.05, 4.69) is 0 Å². The van der Waals surface area contributed by atoms with Gasteiger partial charge in [0.05, 0.1) is 0 Å². The molecule has 2 fully saturated rings. The van der Waals surface area contributed by atoms with E-state index in [0.717, 1.165) is 6.42 Å². The molecule has 2 saturated heterocycles. The molecule has 0 aliphatic carbocycles. The third-order valence-electron chi connectivity index (χ3n) is 2.70. The molecule has 0 aromatic heterocycles. The molecule has 4 heteroatoms. The van der Waals surface area contributed by atoms with Gasteiger partial charge in [-0.15, -0.1) is 0 Å². The fraction of sp³-hybridized carbons (Fsp3) is 0.750. The molecular formula is C8H12N2O2. The highest BCUT2D eigenvalue weighted by atomic mass is 16.2. The van der Waals surface area contributed by atoms with Gasteiger partial charge in [-0.3, -0.25) is 9.59 Å². The van der Waals surface area contributed by atoms with Crippen LogP contribution in [0.1, 0.15) is 19.3 Å². The van der Waals surface area contributed by atoms with Gasteiger partial charge in [0.2, 0.25) is 11.8 Å². The van der Waals surface area contributed by atoms with E-state index in [1.165, 1.54) is 0 Å². The normalized spacial score (nSPS) is 29.6. The van der Waals surface area contributed by atoms with Crippen LogP contribution in [0.25, 0.3) is 0 Å². The monoisotopic (exact) mass is 168 g/mol. The van der Waals surface area contributed by atoms with Crippen molar-refractivity contribution in [2.45, 2.75) is 25.4 Å².